The van der Waals surface area contributed by atoms with Crippen molar-refractivity contribution >= 4 is 0 Å². The van der Waals surface area contributed by atoms with Gasteiger partial charge < -0.3 is 21.3 Å². The molecule has 10 heteroatoms. The van der Waals surface area contributed by atoms with Crippen molar-refractivity contribution < 1.29 is 26.3 Å². The summed E-state index contributed by atoms with van der Waals surface area (Å²) in [5.74, 6) is 0. The first kappa shape index (κ1) is 46.0. The van der Waals surface area contributed by atoms with E-state index in [1.807, 2.05) is 0 Å². The summed E-state index contributed by atoms with van der Waals surface area (Å²) in [5, 5.41) is 11.8. The van der Waals surface area contributed by atoms with E-state index in [2.05, 4.69) is 76.7 Å². The standard InChI is InChI=1S/2C11H14F3N.2C7H17N/c2*1-8(2)15-10(11(12,13)14)9-6-4-3-5-7-9;2*1-5-7(4)8-6(2)3/h2*3-8,10,15H,1-2H3;2*6-8H,5H2,1-4H3/t2*10-;2*7-/m1010/s1. The van der Waals surface area contributed by atoms with E-state index in [4.69, 9.17) is 0 Å². The normalized spacial score (nSPS) is 14.4. The van der Waals surface area contributed by atoms with E-state index in [0.717, 1.165) is 0 Å². The molecule has 0 saturated heterocycles. The van der Waals surface area contributed by atoms with E-state index in [0.29, 0.717) is 24.2 Å². The first-order valence-corrected chi connectivity index (χ1v) is 16.4. The van der Waals surface area contributed by atoms with Gasteiger partial charge >= 0.3 is 12.4 Å². The number of alkyl halides is 6. The van der Waals surface area contributed by atoms with Gasteiger partial charge in [0.2, 0.25) is 0 Å². The van der Waals surface area contributed by atoms with Gasteiger partial charge in [-0.25, -0.2) is 0 Å². The minimum absolute atomic E-state index is 0.211. The van der Waals surface area contributed by atoms with Gasteiger partial charge in [0.15, 0.2) is 0 Å². The summed E-state index contributed by atoms with van der Waals surface area (Å²) in [6, 6.07) is 14.8. The van der Waals surface area contributed by atoms with Crippen molar-refractivity contribution in [2.75, 3.05) is 0 Å². The van der Waals surface area contributed by atoms with Crippen LogP contribution in [0.3, 0.4) is 0 Å². The molecule has 0 heterocycles. The van der Waals surface area contributed by atoms with Crippen LogP contribution in [-0.4, -0.2) is 48.6 Å². The van der Waals surface area contributed by atoms with Crippen LogP contribution in [-0.2, 0) is 0 Å². The molecule has 0 aliphatic carbocycles. The third-order valence-corrected chi connectivity index (χ3v) is 6.38. The number of benzene rings is 2. The number of nitrogens with one attached hydrogen (secondary N) is 4. The molecule has 4 nitrogen and oxygen atoms in total. The molecule has 0 fully saturated rings. The van der Waals surface area contributed by atoms with Gasteiger partial charge in [0.05, 0.1) is 0 Å². The van der Waals surface area contributed by atoms with Crippen molar-refractivity contribution in [2.24, 2.45) is 0 Å². The highest BCUT2D eigenvalue weighted by atomic mass is 19.4. The Bertz CT molecular complexity index is 884. The van der Waals surface area contributed by atoms with Gasteiger partial charge in [-0.15, -0.1) is 0 Å². The molecule has 0 aliphatic rings. The van der Waals surface area contributed by atoms with E-state index in [1.165, 1.54) is 37.1 Å². The summed E-state index contributed by atoms with van der Waals surface area (Å²) in [4.78, 5) is 0. The summed E-state index contributed by atoms with van der Waals surface area (Å²) >= 11 is 0. The predicted molar refractivity (Wildman–Crippen MR) is 183 cm³/mol. The Balaban J connectivity index is 0. The van der Waals surface area contributed by atoms with E-state index < -0.39 is 24.4 Å². The number of rotatable bonds is 12. The minimum atomic E-state index is -4.26. The second kappa shape index (κ2) is 24.1. The molecule has 268 valence electrons. The SMILES string of the molecule is CC(C)N[C@@H](c1ccccc1)C(F)(F)F.CC(C)N[C@H](c1ccccc1)C(F)(F)F.CC[C@@H](C)NC(C)C.CC[C@H](C)NC(C)C. The Hall–Kier alpha value is -2.14. The van der Waals surface area contributed by atoms with E-state index in [-0.39, 0.29) is 23.2 Å². The fourth-order valence-electron chi connectivity index (χ4n) is 4.09. The van der Waals surface area contributed by atoms with Crippen LogP contribution in [0.1, 0.15) is 119 Å². The van der Waals surface area contributed by atoms with Crippen LogP contribution in [0.2, 0.25) is 0 Å². The van der Waals surface area contributed by atoms with Crippen molar-refractivity contribution in [1.29, 1.82) is 0 Å². The lowest BCUT2D eigenvalue weighted by Crippen LogP contribution is -2.38. The number of halogens is 6. The second-order valence-electron chi connectivity index (χ2n) is 12.7. The van der Waals surface area contributed by atoms with Crippen molar-refractivity contribution in [3.8, 4) is 0 Å². The Kier molecular flexibility index (Phi) is 24.1. The van der Waals surface area contributed by atoms with Crippen molar-refractivity contribution in [2.45, 2.75) is 157 Å². The summed E-state index contributed by atoms with van der Waals surface area (Å²) in [6.07, 6.45) is -6.08. The highest BCUT2D eigenvalue weighted by molar-refractivity contribution is 5.21. The molecule has 2 aromatic rings. The maximum absolute atomic E-state index is 12.7. The molecule has 0 spiro atoms. The number of hydrogen-bond acceptors (Lipinski definition) is 4. The van der Waals surface area contributed by atoms with Crippen LogP contribution in [0, 0.1) is 0 Å². The zero-order valence-electron chi connectivity index (χ0n) is 30.1. The van der Waals surface area contributed by atoms with Crippen molar-refractivity contribution in [3.05, 3.63) is 71.8 Å². The second-order valence-corrected chi connectivity index (χ2v) is 12.7. The van der Waals surface area contributed by atoms with Gasteiger partial charge in [0, 0.05) is 36.3 Å². The summed E-state index contributed by atoms with van der Waals surface area (Å²) < 4.78 is 76.2. The van der Waals surface area contributed by atoms with Crippen LogP contribution in [0.25, 0.3) is 0 Å². The molecule has 2 aromatic carbocycles. The molecule has 0 saturated carbocycles. The third kappa shape index (κ3) is 24.1. The fraction of sp³-hybridized carbons (Fsp3) is 0.667. The highest BCUT2D eigenvalue weighted by Gasteiger charge is 2.41. The van der Waals surface area contributed by atoms with Crippen LogP contribution >= 0.6 is 0 Å². The topological polar surface area (TPSA) is 48.1 Å². The van der Waals surface area contributed by atoms with Gasteiger partial charge in [0.25, 0.3) is 0 Å². The monoisotopic (exact) mass is 664 g/mol. The average molecular weight is 665 g/mol. The predicted octanol–water partition coefficient (Wildman–Crippen LogP) is 10.1. The molecule has 0 radical (unpaired) electrons. The summed E-state index contributed by atoms with van der Waals surface area (Å²) in [6.45, 7) is 24.3. The Morgan fingerprint density at radius 2 is 0.674 bits per heavy atom. The number of hydrogen-bond donors (Lipinski definition) is 4. The van der Waals surface area contributed by atoms with Gasteiger partial charge in [-0.2, -0.15) is 26.3 Å². The van der Waals surface area contributed by atoms with Gasteiger partial charge in [-0.05, 0) is 37.8 Å². The largest absolute Gasteiger partial charge is 0.407 e. The van der Waals surface area contributed by atoms with Crippen LogP contribution in [0.4, 0.5) is 26.3 Å². The molecule has 46 heavy (non-hydrogen) atoms. The average Bonchev–Trinajstić information content (AvgIpc) is 2.94. The quantitative estimate of drug-likeness (QED) is 0.171. The summed E-state index contributed by atoms with van der Waals surface area (Å²) in [5.41, 5.74) is 0.498. The van der Waals surface area contributed by atoms with Gasteiger partial charge in [0.1, 0.15) is 12.1 Å². The van der Waals surface area contributed by atoms with Crippen LogP contribution < -0.4 is 21.3 Å². The maximum Gasteiger partial charge on any atom is 0.407 e. The highest BCUT2D eigenvalue weighted by Crippen LogP contribution is 2.33. The van der Waals surface area contributed by atoms with E-state index in [1.54, 1.807) is 64.1 Å². The lowest BCUT2D eigenvalue weighted by molar-refractivity contribution is -0.159. The molecular weight excluding hydrogens is 602 g/mol. The third-order valence-electron chi connectivity index (χ3n) is 6.38. The van der Waals surface area contributed by atoms with E-state index in [9.17, 15) is 26.3 Å². The molecule has 0 unspecified atom stereocenters. The lowest BCUT2D eigenvalue weighted by Gasteiger charge is -2.24. The molecule has 0 amide bonds. The van der Waals surface area contributed by atoms with Crippen LogP contribution in [0.5, 0.6) is 0 Å². The molecule has 0 aromatic heterocycles. The molecule has 0 aliphatic heterocycles. The zero-order valence-corrected chi connectivity index (χ0v) is 30.1. The minimum Gasteiger partial charge on any atom is -0.312 e. The molecule has 4 N–H and O–H groups in total. The lowest BCUT2D eigenvalue weighted by atomic mass is 10.1. The Morgan fingerprint density at radius 3 is 0.826 bits per heavy atom. The van der Waals surface area contributed by atoms with Crippen LogP contribution in [0.15, 0.2) is 60.7 Å². The van der Waals surface area contributed by atoms with Crippen molar-refractivity contribution in [3.63, 3.8) is 0 Å². The van der Waals surface area contributed by atoms with E-state index >= 15 is 0 Å². The summed E-state index contributed by atoms with van der Waals surface area (Å²) in [7, 11) is 0. The molecule has 2 rings (SSSR count). The maximum atomic E-state index is 12.7. The fourth-order valence-corrected chi connectivity index (χ4v) is 4.09. The first-order chi connectivity index (χ1) is 21.1. The Morgan fingerprint density at radius 1 is 0.435 bits per heavy atom. The zero-order chi connectivity index (χ0) is 36.1. The molecular formula is C36H62F6N4. The first-order valence-electron chi connectivity index (χ1n) is 16.4. The smallest absolute Gasteiger partial charge is 0.312 e. The van der Waals surface area contributed by atoms with Gasteiger partial charge in [-0.1, -0.05) is 130 Å². The molecule has 0 bridgehead atoms. The Labute approximate surface area is 275 Å². The van der Waals surface area contributed by atoms with Crippen molar-refractivity contribution in [1.82, 2.24) is 21.3 Å². The molecule has 4 atom stereocenters. The van der Waals surface area contributed by atoms with Gasteiger partial charge in [-0.3, -0.25) is 0 Å².